The predicted molar refractivity (Wildman–Crippen MR) is 110 cm³/mol. The number of hydrogen-bond acceptors (Lipinski definition) is 4. The molecule has 3 unspecified atom stereocenters. The molecule has 2 fully saturated rings. The van der Waals surface area contributed by atoms with Crippen molar-refractivity contribution in [3.8, 4) is 0 Å². The average Bonchev–Trinajstić information content (AvgIpc) is 2.67. The fraction of sp³-hybridized carbons (Fsp3) is 0.619. The summed E-state index contributed by atoms with van der Waals surface area (Å²) in [5.74, 6) is 1.36. The monoisotopic (exact) mass is 389 g/mol. The van der Waals surface area contributed by atoms with Crippen molar-refractivity contribution in [2.75, 3.05) is 18.8 Å². The minimum Gasteiger partial charge on any atom is -0.342 e. The summed E-state index contributed by atoms with van der Waals surface area (Å²) >= 11 is 1.49. The molecule has 2 heterocycles. The standard InChI is InChI=1S/C21H31N3O2S/c1-3-18-15(2)22-21(23-20(18)26)27-14-19(25)24-11-9-17(10-12-24)13-16-7-5-4-6-8-16/h4-8,15,17-18,21-22H,3,9-14H2,1-2H3,(H,23,26). The third-order valence-corrected chi connectivity index (χ3v) is 6.78. The summed E-state index contributed by atoms with van der Waals surface area (Å²) in [7, 11) is 0. The highest BCUT2D eigenvalue weighted by molar-refractivity contribution is 8.00. The summed E-state index contributed by atoms with van der Waals surface area (Å²) in [5, 5.41) is 6.38. The summed E-state index contributed by atoms with van der Waals surface area (Å²) in [6, 6.07) is 10.7. The highest BCUT2D eigenvalue weighted by atomic mass is 32.2. The molecular weight excluding hydrogens is 358 g/mol. The first-order chi connectivity index (χ1) is 13.1. The van der Waals surface area contributed by atoms with Gasteiger partial charge in [0, 0.05) is 19.1 Å². The maximum Gasteiger partial charge on any atom is 0.232 e. The van der Waals surface area contributed by atoms with Gasteiger partial charge in [-0.15, -0.1) is 11.8 Å². The van der Waals surface area contributed by atoms with Crippen LogP contribution >= 0.6 is 11.8 Å². The van der Waals surface area contributed by atoms with Crippen LogP contribution in [0.15, 0.2) is 30.3 Å². The average molecular weight is 390 g/mol. The number of hydrogen-bond donors (Lipinski definition) is 2. The second-order valence-corrected chi connectivity index (χ2v) is 8.78. The van der Waals surface area contributed by atoms with E-state index in [0.29, 0.717) is 11.7 Å². The van der Waals surface area contributed by atoms with Gasteiger partial charge in [-0.2, -0.15) is 0 Å². The molecule has 27 heavy (non-hydrogen) atoms. The number of rotatable bonds is 6. The number of thioether (sulfide) groups is 1. The Hall–Kier alpha value is -1.53. The van der Waals surface area contributed by atoms with E-state index in [1.807, 2.05) is 18.7 Å². The zero-order valence-electron chi connectivity index (χ0n) is 16.3. The van der Waals surface area contributed by atoms with Gasteiger partial charge in [0.15, 0.2) is 0 Å². The lowest BCUT2D eigenvalue weighted by Gasteiger charge is -2.35. The first kappa shape index (κ1) is 20.2. The molecule has 2 aliphatic rings. The van der Waals surface area contributed by atoms with Crippen LogP contribution in [0.25, 0.3) is 0 Å². The molecule has 0 bridgehead atoms. The third kappa shape index (κ3) is 5.48. The molecular formula is C21H31N3O2S. The van der Waals surface area contributed by atoms with Crippen LogP contribution in [-0.2, 0) is 16.0 Å². The van der Waals surface area contributed by atoms with Gasteiger partial charge in [0.2, 0.25) is 11.8 Å². The number of likely N-dealkylation sites (tertiary alicyclic amines) is 1. The van der Waals surface area contributed by atoms with E-state index in [-0.39, 0.29) is 29.3 Å². The number of piperidine rings is 1. The SMILES string of the molecule is CCC1C(=O)NC(SCC(=O)N2CCC(Cc3ccccc3)CC2)NC1C. The molecule has 1 aromatic carbocycles. The Balaban J connectivity index is 1.39. The van der Waals surface area contributed by atoms with E-state index in [1.54, 1.807) is 0 Å². The van der Waals surface area contributed by atoms with E-state index in [0.717, 1.165) is 38.8 Å². The normalized spacial score (nSPS) is 26.7. The van der Waals surface area contributed by atoms with Crippen molar-refractivity contribution in [2.45, 2.75) is 51.1 Å². The van der Waals surface area contributed by atoms with Crippen LogP contribution in [-0.4, -0.2) is 47.1 Å². The number of benzene rings is 1. The Bertz CT molecular complexity index is 632. The number of amides is 2. The quantitative estimate of drug-likeness (QED) is 0.785. The van der Waals surface area contributed by atoms with Crippen LogP contribution in [0, 0.1) is 11.8 Å². The summed E-state index contributed by atoms with van der Waals surface area (Å²) < 4.78 is 0. The minimum absolute atomic E-state index is 0.0150. The van der Waals surface area contributed by atoms with Gasteiger partial charge < -0.3 is 10.2 Å². The molecule has 2 aliphatic heterocycles. The van der Waals surface area contributed by atoms with E-state index in [4.69, 9.17) is 0 Å². The molecule has 3 rings (SSSR count). The molecule has 1 aromatic rings. The van der Waals surface area contributed by atoms with Crippen molar-refractivity contribution in [3.63, 3.8) is 0 Å². The lowest BCUT2D eigenvalue weighted by Crippen LogP contribution is -2.59. The summed E-state index contributed by atoms with van der Waals surface area (Å²) in [6.07, 6.45) is 4.07. The van der Waals surface area contributed by atoms with Gasteiger partial charge in [-0.3, -0.25) is 14.9 Å². The molecule has 2 saturated heterocycles. The number of nitrogens with zero attached hydrogens (tertiary/aromatic N) is 1. The van der Waals surface area contributed by atoms with Crippen molar-refractivity contribution in [1.29, 1.82) is 0 Å². The zero-order valence-corrected chi connectivity index (χ0v) is 17.1. The Morgan fingerprint density at radius 2 is 1.93 bits per heavy atom. The van der Waals surface area contributed by atoms with E-state index in [2.05, 4.69) is 41.0 Å². The summed E-state index contributed by atoms with van der Waals surface area (Å²) in [6.45, 7) is 5.76. The van der Waals surface area contributed by atoms with Crippen LogP contribution in [0.2, 0.25) is 0 Å². The van der Waals surface area contributed by atoms with Gasteiger partial charge in [-0.05, 0) is 44.1 Å². The first-order valence-corrected chi connectivity index (χ1v) is 11.1. The largest absolute Gasteiger partial charge is 0.342 e. The third-order valence-electron chi connectivity index (χ3n) is 5.78. The van der Waals surface area contributed by atoms with Crippen molar-refractivity contribution in [3.05, 3.63) is 35.9 Å². The van der Waals surface area contributed by atoms with Crippen molar-refractivity contribution < 1.29 is 9.59 Å². The Morgan fingerprint density at radius 3 is 2.56 bits per heavy atom. The summed E-state index contributed by atoms with van der Waals surface area (Å²) in [5.41, 5.74) is 1.21. The number of carbonyl (C=O) groups is 2. The van der Waals surface area contributed by atoms with Crippen molar-refractivity contribution in [2.24, 2.45) is 11.8 Å². The molecule has 0 aromatic heterocycles. The van der Waals surface area contributed by atoms with E-state index in [1.165, 1.54) is 17.3 Å². The number of nitrogens with one attached hydrogen (secondary N) is 2. The smallest absolute Gasteiger partial charge is 0.232 e. The lowest BCUT2D eigenvalue weighted by molar-refractivity contribution is -0.130. The Kier molecular flexibility index (Phi) is 7.19. The second kappa shape index (κ2) is 9.60. The van der Waals surface area contributed by atoms with Crippen molar-refractivity contribution in [1.82, 2.24) is 15.5 Å². The molecule has 2 N–H and O–H groups in total. The fourth-order valence-electron chi connectivity index (χ4n) is 4.07. The van der Waals surface area contributed by atoms with Gasteiger partial charge >= 0.3 is 0 Å². The van der Waals surface area contributed by atoms with Gasteiger partial charge in [0.1, 0.15) is 5.50 Å². The summed E-state index contributed by atoms with van der Waals surface area (Å²) in [4.78, 5) is 26.7. The van der Waals surface area contributed by atoms with E-state index >= 15 is 0 Å². The number of carbonyl (C=O) groups excluding carboxylic acids is 2. The molecule has 3 atom stereocenters. The first-order valence-electron chi connectivity index (χ1n) is 10.1. The highest BCUT2D eigenvalue weighted by Gasteiger charge is 2.32. The minimum atomic E-state index is -0.171. The van der Waals surface area contributed by atoms with E-state index in [9.17, 15) is 9.59 Å². The predicted octanol–water partition coefficient (Wildman–Crippen LogP) is 2.62. The van der Waals surface area contributed by atoms with Gasteiger partial charge in [-0.25, -0.2) is 0 Å². The van der Waals surface area contributed by atoms with Gasteiger partial charge in [-0.1, -0.05) is 37.3 Å². The maximum absolute atomic E-state index is 12.6. The Morgan fingerprint density at radius 1 is 1.22 bits per heavy atom. The van der Waals surface area contributed by atoms with Crippen LogP contribution in [0.3, 0.4) is 0 Å². The van der Waals surface area contributed by atoms with Crippen LogP contribution in [0.5, 0.6) is 0 Å². The molecule has 2 amide bonds. The van der Waals surface area contributed by atoms with Gasteiger partial charge in [0.05, 0.1) is 11.7 Å². The molecule has 5 nitrogen and oxygen atoms in total. The molecule has 148 valence electrons. The fourth-order valence-corrected chi connectivity index (χ4v) is 5.07. The maximum atomic E-state index is 12.6. The van der Waals surface area contributed by atoms with Gasteiger partial charge in [0.25, 0.3) is 0 Å². The zero-order chi connectivity index (χ0) is 19.2. The van der Waals surface area contributed by atoms with Crippen LogP contribution < -0.4 is 10.6 Å². The molecule has 0 spiro atoms. The highest BCUT2D eigenvalue weighted by Crippen LogP contribution is 2.23. The lowest BCUT2D eigenvalue weighted by atomic mass is 9.90. The van der Waals surface area contributed by atoms with Crippen LogP contribution in [0.4, 0.5) is 0 Å². The molecule has 0 aliphatic carbocycles. The second-order valence-electron chi connectivity index (χ2n) is 7.68. The molecule has 0 saturated carbocycles. The molecule has 6 heteroatoms. The van der Waals surface area contributed by atoms with Crippen molar-refractivity contribution >= 4 is 23.6 Å². The van der Waals surface area contributed by atoms with E-state index < -0.39 is 0 Å². The van der Waals surface area contributed by atoms with Crippen LogP contribution in [0.1, 0.15) is 38.7 Å². The molecule has 0 radical (unpaired) electrons. The Labute approximate surface area is 166 Å². The topological polar surface area (TPSA) is 61.4 Å².